The van der Waals surface area contributed by atoms with Crippen LogP contribution in [0.15, 0.2) is 71.2 Å². The predicted octanol–water partition coefficient (Wildman–Crippen LogP) is 4.58. The second-order valence-corrected chi connectivity index (χ2v) is 11.4. The average Bonchev–Trinajstić information content (AvgIpc) is 3.53. The zero-order valence-corrected chi connectivity index (χ0v) is 21.5. The van der Waals surface area contributed by atoms with E-state index in [-0.39, 0.29) is 24.1 Å². The standard InChI is InChI=1S/C25H26FN5O3S2.H2/c1-17-16-29(19-6-8-20(9-7-19)36(33,34)28-25-27-11-15-35-25)13-14-30(17)24(32)18(2)31-12-10-21-22(26)4-3-5-23(21)31;/h3-12,15,17-18H,13-14,16H2,1-2H3,(H,27,28);1H/t17?,18-;/m0./s1. The van der Waals surface area contributed by atoms with Gasteiger partial charge < -0.3 is 14.4 Å². The number of sulfonamides is 1. The fourth-order valence-electron chi connectivity index (χ4n) is 4.65. The topological polar surface area (TPSA) is 87.5 Å². The highest BCUT2D eigenvalue weighted by Gasteiger charge is 2.31. The van der Waals surface area contributed by atoms with Gasteiger partial charge in [0, 0.05) is 56.0 Å². The van der Waals surface area contributed by atoms with Crippen molar-refractivity contribution in [1.29, 1.82) is 0 Å². The van der Waals surface area contributed by atoms with Crippen molar-refractivity contribution in [2.24, 2.45) is 0 Å². The molecule has 1 fully saturated rings. The molecule has 0 bridgehead atoms. The van der Waals surface area contributed by atoms with E-state index >= 15 is 0 Å². The van der Waals surface area contributed by atoms with Gasteiger partial charge in [-0.1, -0.05) is 6.07 Å². The smallest absolute Gasteiger partial charge is 0.263 e. The number of rotatable bonds is 6. The maximum absolute atomic E-state index is 14.1. The van der Waals surface area contributed by atoms with Gasteiger partial charge in [-0.2, -0.15) is 0 Å². The number of piperazine rings is 1. The van der Waals surface area contributed by atoms with Gasteiger partial charge in [-0.05, 0) is 56.3 Å². The van der Waals surface area contributed by atoms with E-state index in [1.165, 1.54) is 17.4 Å². The van der Waals surface area contributed by atoms with Gasteiger partial charge in [0.1, 0.15) is 11.9 Å². The monoisotopic (exact) mass is 529 g/mol. The molecule has 1 unspecified atom stereocenters. The highest BCUT2D eigenvalue weighted by Crippen LogP contribution is 2.27. The molecule has 190 valence electrons. The van der Waals surface area contributed by atoms with E-state index < -0.39 is 16.1 Å². The average molecular weight is 530 g/mol. The third-order valence-corrected chi connectivity index (χ3v) is 8.73. The molecule has 2 atom stereocenters. The number of thiazole rings is 1. The highest BCUT2D eigenvalue weighted by atomic mass is 32.2. The van der Waals surface area contributed by atoms with Gasteiger partial charge in [0.2, 0.25) is 5.91 Å². The van der Waals surface area contributed by atoms with E-state index in [1.54, 1.807) is 54.2 Å². The Kier molecular flexibility index (Phi) is 6.44. The first-order valence-electron chi connectivity index (χ1n) is 11.6. The van der Waals surface area contributed by atoms with Gasteiger partial charge in [0.05, 0.1) is 10.4 Å². The zero-order valence-electron chi connectivity index (χ0n) is 19.8. The SMILES string of the molecule is CC1CN(c2ccc(S(=O)(=O)Nc3nccs3)cc2)CCN1C(=O)[C@H](C)n1ccc2c(F)cccc21.[HH]. The maximum atomic E-state index is 14.1. The predicted molar refractivity (Wildman–Crippen MR) is 141 cm³/mol. The summed E-state index contributed by atoms with van der Waals surface area (Å²) in [6.07, 6.45) is 3.30. The first-order valence-corrected chi connectivity index (χ1v) is 13.9. The summed E-state index contributed by atoms with van der Waals surface area (Å²) in [6.45, 7) is 5.60. The lowest BCUT2D eigenvalue weighted by atomic mass is 10.1. The van der Waals surface area contributed by atoms with Crippen LogP contribution in [0.5, 0.6) is 0 Å². The van der Waals surface area contributed by atoms with Crippen molar-refractivity contribution in [3.8, 4) is 0 Å². The molecule has 1 aliphatic heterocycles. The van der Waals surface area contributed by atoms with Crippen LogP contribution in [0.3, 0.4) is 0 Å². The van der Waals surface area contributed by atoms with Gasteiger partial charge >= 0.3 is 0 Å². The first kappa shape index (κ1) is 24.3. The summed E-state index contributed by atoms with van der Waals surface area (Å²) in [4.78, 5) is 21.5. The molecule has 36 heavy (non-hydrogen) atoms. The number of nitrogens with zero attached hydrogens (tertiary/aromatic N) is 4. The second-order valence-electron chi connectivity index (χ2n) is 8.83. The van der Waals surface area contributed by atoms with E-state index in [2.05, 4.69) is 14.6 Å². The fourth-order valence-corrected chi connectivity index (χ4v) is 6.44. The molecule has 5 rings (SSSR count). The Morgan fingerprint density at radius 2 is 1.97 bits per heavy atom. The van der Waals surface area contributed by atoms with E-state index in [0.717, 1.165) is 5.69 Å². The van der Waals surface area contributed by atoms with Gasteiger partial charge in [-0.3, -0.25) is 9.52 Å². The van der Waals surface area contributed by atoms with Gasteiger partial charge in [0.25, 0.3) is 10.0 Å². The number of fused-ring (bicyclic) bond motifs is 1. The lowest BCUT2D eigenvalue weighted by molar-refractivity contribution is -0.136. The van der Waals surface area contributed by atoms with Crippen molar-refractivity contribution in [2.75, 3.05) is 29.3 Å². The largest absolute Gasteiger partial charge is 0.368 e. The third-order valence-electron chi connectivity index (χ3n) is 6.56. The summed E-state index contributed by atoms with van der Waals surface area (Å²) in [7, 11) is -3.71. The highest BCUT2D eigenvalue weighted by molar-refractivity contribution is 7.93. The molecule has 2 aromatic carbocycles. The molecule has 4 aromatic rings. The number of amides is 1. The zero-order chi connectivity index (χ0) is 25.4. The number of anilines is 2. The molecule has 0 spiro atoms. The van der Waals surface area contributed by atoms with Crippen LogP contribution in [-0.2, 0) is 14.8 Å². The molecular formula is C25H28FN5O3S2. The summed E-state index contributed by atoms with van der Waals surface area (Å²) in [5.41, 5.74) is 1.59. The number of nitrogens with one attached hydrogen (secondary N) is 1. The molecular weight excluding hydrogens is 501 g/mol. The molecule has 2 aromatic heterocycles. The van der Waals surface area contributed by atoms with E-state index in [4.69, 9.17) is 0 Å². The van der Waals surface area contributed by atoms with Gasteiger partial charge in [-0.25, -0.2) is 17.8 Å². The van der Waals surface area contributed by atoms with Crippen molar-refractivity contribution in [3.05, 3.63) is 72.1 Å². The number of carbonyl (C=O) groups excluding carboxylic acids is 1. The van der Waals surface area contributed by atoms with Gasteiger partial charge in [0.15, 0.2) is 5.13 Å². The molecule has 1 amide bonds. The Morgan fingerprint density at radius 1 is 1.19 bits per heavy atom. The van der Waals surface area contributed by atoms with Crippen molar-refractivity contribution in [1.82, 2.24) is 14.5 Å². The van der Waals surface area contributed by atoms with Crippen LogP contribution in [0.25, 0.3) is 10.9 Å². The molecule has 11 heteroatoms. The number of hydrogen-bond donors (Lipinski definition) is 1. The molecule has 8 nitrogen and oxygen atoms in total. The summed E-state index contributed by atoms with van der Waals surface area (Å²) in [5.74, 6) is -0.315. The minimum atomic E-state index is -3.71. The molecule has 0 saturated carbocycles. The van der Waals surface area contributed by atoms with Crippen LogP contribution < -0.4 is 9.62 Å². The number of halogens is 1. The lowest BCUT2D eigenvalue weighted by Gasteiger charge is -2.42. The van der Waals surface area contributed by atoms with Crippen molar-refractivity contribution >= 4 is 49.0 Å². The summed E-state index contributed by atoms with van der Waals surface area (Å²) in [5, 5.41) is 2.52. The number of hydrogen-bond acceptors (Lipinski definition) is 6. The van der Waals surface area contributed by atoms with Crippen LogP contribution >= 0.6 is 11.3 Å². The summed E-state index contributed by atoms with van der Waals surface area (Å²) < 4.78 is 43.6. The quantitative estimate of drug-likeness (QED) is 0.395. The Balaban J connectivity index is 0.00000320. The van der Waals surface area contributed by atoms with E-state index in [1.807, 2.05) is 29.4 Å². The van der Waals surface area contributed by atoms with E-state index in [0.29, 0.717) is 35.7 Å². The van der Waals surface area contributed by atoms with Crippen molar-refractivity contribution < 1.29 is 19.0 Å². The third kappa shape index (κ3) is 4.56. The van der Waals surface area contributed by atoms with E-state index in [9.17, 15) is 17.6 Å². The molecule has 1 N–H and O–H groups in total. The Morgan fingerprint density at radius 3 is 2.67 bits per heavy atom. The minimum absolute atomic E-state index is 0. The van der Waals surface area contributed by atoms with Crippen molar-refractivity contribution in [3.63, 3.8) is 0 Å². The Hall–Kier alpha value is -3.44. The van der Waals surface area contributed by atoms with Crippen LogP contribution in [0.1, 0.15) is 21.3 Å². The summed E-state index contributed by atoms with van der Waals surface area (Å²) >= 11 is 1.22. The maximum Gasteiger partial charge on any atom is 0.263 e. The number of aromatic nitrogens is 2. The Labute approximate surface area is 214 Å². The van der Waals surface area contributed by atoms with Gasteiger partial charge in [-0.15, -0.1) is 11.3 Å². The second kappa shape index (κ2) is 9.55. The Bertz CT molecular complexity index is 1490. The lowest BCUT2D eigenvalue weighted by Crippen LogP contribution is -2.55. The normalized spacial score (nSPS) is 17.4. The van der Waals surface area contributed by atoms with Crippen molar-refractivity contribution in [2.45, 2.75) is 30.8 Å². The molecule has 3 heterocycles. The minimum Gasteiger partial charge on any atom is -0.368 e. The molecule has 1 saturated heterocycles. The number of carbonyl (C=O) groups is 1. The number of benzene rings is 2. The van der Waals surface area contributed by atoms with Crippen LogP contribution in [0.4, 0.5) is 15.2 Å². The van der Waals surface area contributed by atoms with Crippen LogP contribution in [0, 0.1) is 5.82 Å². The fraction of sp³-hybridized carbons (Fsp3) is 0.280. The van der Waals surface area contributed by atoms with Crippen LogP contribution in [0.2, 0.25) is 0 Å². The first-order chi connectivity index (χ1) is 17.2. The molecule has 0 aliphatic carbocycles. The summed E-state index contributed by atoms with van der Waals surface area (Å²) in [6, 6.07) is 12.8. The van der Waals surface area contributed by atoms with Crippen LogP contribution in [-0.4, -0.2) is 54.5 Å². The molecule has 1 aliphatic rings. The molecule has 0 radical (unpaired) electrons.